The topological polar surface area (TPSA) is 41.0 Å². The number of nitrogens with one attached hydrogen (secondary N) is 1. The third-order valence-corrected chi connectivity index (χ3v) is 6.03. The van der Waals surface area contributed by atoms with Gasteiger partial charge in [-0.2, -0.15) is 0 Å². The maximum absolute atomic E-state index is 4.48. The van der Waals surface area contributed by atoms with Crippen LogP contribution in [-0.4, -0.2) is 40.0 Å². The first kappa shape index (κ1) is 13.5. The molecule has 1 saturated carbocycles. The van der Waals surface area contributed by atoms with E-state index in [1.807, 2.05) is 0 Å². The Labute approximate surface area is 129 Å². The van der Waals surface area contributed by atoms with E-state index in [1.165, 1.54) is 55.5 Å². The van der Waals surface area contributed by atoms with Crippen molar-refractivity contribution in [3.05, 3.63) is 17.3 Å². The van der Waals surface area contributed by atoms with E-state index in [-0.39, 0.29) is 0 Å². The van der Waals surface area contributed by atoms with Gasteiger partial charge in [-0.15, -0.1) is 11.3 Å². The average Bonchev–Trinajstić information content (AvgIpc) is 3.20. The number of nitrogens with zero attached hydrogens (tertiary/aromatic N) is 3. The normalized spacial score (nSPS) is 24.1. The number of likely N-dealkylation sites (tertiary alicyclic amines) is 1. The minimum absolute atomic E-state index is 0.533. The number of rotatable bonds is 3. The highest BCUT2D eigenvalue weighted by Crippen LogP contribution is 2.31. The number of aromatic nitrogens is 2. The van der Waals surface area contributed by atoms with Crippen molar-refractivity contribution in [3.63, 3.8) is 0 Å². The fourth-order valence-electron chi connectivity index (χ4n) is 3.77. The van der Waals surface area contributed by atoms with E-state index in [2.05, 4.69) is 32.5 Å². The van der Waals surface area contributed by atoms with Gasteiger partial charge in [-0.25, -0.2) is 9.97 Å². The highest BCUT2D eigenvalue weighted by Gasteiger charge is 2.30. The number of thiophene rings is 1. The van der Waals surface area contributed by atoms with Crippen LogP contribution in [0.25, 0.3) is 10.2 Å². The van der Waals surface area contributed by atoms with Gasteiger partial charge in [0.25, 0.3) is 0 Å². The largest absolute Gasteiger partial charge is 0.365 e. The van der Waals surface area contributed by atoms with Crippen LogP contribution in [0.5, 0.6) is 0 Å². The van der Waals surface area contributed by atoms with Crippen molar-refractivity contribution in [3.8, 4) is 0 Å². The van der Waals surface area contributed by atoms with E-state index in [1.54, 1.807) is 17.7 Å². The molecule has 0 amide bonds. The Morgan fingerprint density at radius 1 is 1.24 bits per heavy atom. The first-order valence-electron chi connectivity index (χ1n) is 8.00. The predicted octanol–water partition coefficient (Wildman–Crippen LogP) is 3.43. The van der Waals surface area contributed by atoms with Gasteiger partial charge in [-0.1, -0.05) is 12.8 Å². The summed E-state index contributed by atoms with van der Waals surface area (Å²) in [5.41, 5.74) is 2.35. The zero-order valence-electron chi connectivity index (χ0n) is 12.5. The number of fused-ring (bicyclic) bond motifs is 1. The Hall–Kier alpha value is -1.20. The smallest absolute Gasteiger partial charge is 0.147 e. The molecule has 0 bridgehead atoms. The molecule has 21 heavy (non-hydrogen) atoms. The molecule has 1 atom stereocenters. The Balaban J connectivity index is 1.48. The summed E-state index contributed by atoms with van der Waals surface area (Å²) in [5, 5.41) is 5.84. The van der Waals surface area contributed by atoms with Crippen molar-refractivity contribution in [2.24, 2.45) is 0 Å². The molecule has 1 aliphatic heterocycles. The summed E-state index contributed by atoms with van der Waals surface area (Å²) in [6.45, 7) is 4.52. The minimum atomic E-state index is 0.533. The van der Waals surface area contributed by atoms with Crippen molar-refractivity contribution < 1.29 is 0 Å². The second-order valence-electron chi connectivity index (χ2n) is 6.38. The van der Waals surface area contributed by atoms with Gasteiger partial charge in [0, 0.05) is 25.2 Å². The third-order valence-electron chi connectivity index (χ3n) is 4.93. The van der Waals surface area contributed by atoms with Gasteiger partial charge in [0.05, 0.1) is 10.2 Å². The molecule has 1 aliphatic carbocycles. The quantitative estimate of drug-likeness (QED) is 0.943. The molecule has 0 radical (unpaired) electrons. The lowest BCUT2D eigenvalue weighted by molar-refractivity contribution is 0.245. The fraction of sp³-hybridized carbons (Fsp3) is 0.625. The van der Waals surface area contributed by atoms with Gasteiger partial charge in [0.1, 0.15) is 12.1 Å². The molecule has 0 spiro atoms. The van der Waals surface area contributed by atoms with Crippen LogP contribution in [0.2, 0.25) is 0 Å². The van der Waals surface area contributed by atoms with E-state index in [0.29, 0.717) is 6.04 Å². The lowest BCUT2D eigenvalue weighted by Crippen LogP contribution is -2.33. The Morgan fingerprint density at radius 2 is 2.10 bits per heavy atom. The zero-order valence-corrected chi connectivity index (χ0v) is 13.3. The summed E-state index contributed by atoms with van der Waals surface area (Å²) in [4.78, 5) is 11.6. The molecule has 1 saturated heterocycles. The minimum Gasteiger partial charge on any atom is -0.365 e. The van der Waals surface area contributed by atoms with Gasteiger partial charge in [0.2, 0.25) is 0 Å². The highest BCUT2D eigenvalue weighted by atomic mass is 32.1. The van der Waals surface area contributed by atoms with Crippen molar-refractivity contribution in [2.45, 2.75) is 51.1 Å². The Morgan fingerprint density at radius 3 is 2.95 bits per heavy atom. The summed E-state index contributed by atoms with van der Waals surface area (Å²) in [6.07, 6.45) is 8.55. The zero-order chi connectivity index (χ0) is 14.2. The third kappa shape index (κ3) is 2.53. The van der Waals surface area contributed by atoms with Crippen LogP contribution >= 0.6 is 11.3 Å². The van der Waals surface area contributed by atoms with Crippen LogP contribution in [0.3, 0.4) is 0 Å². The maximum atomic E-state index is 4.48. The molecule has 1 N–H and O–H groups in total. The molecule has 2 fully saturated rings. The van der Waals surface area contributed by atoms with Crippen LogP contribution in [0.4, 0.5) is 5.82 Å². The van der Waals surface area contributed by atoms with Gasteiger partial charge in [-0.3, -0.25) is 4.90 Å². The molecule has 112 valence electrons. The lowest BCUT2D eigenvalue weighted by atomic mass is 10.2. The molecule has 4 nitrogen and oxygen atoms in total. The van der Waals surface area contributed by atoms with Crippen molar-refractivity contribution in [2.75, 3.05) is 18.4 Å². The number of aryl methyl sites for hydroxylation is 1. The van der Waals surface area contributed by atoms with Gasteiger partial charge < -0.3 is 5.32 Å². The predicted molar refractivity (Wildman–Crippen MR) is 88.0 cm³/mol. The molecule has 2 aliphatic rings. The van der Waals surface area contributed by atoms with Gasteiger partial charge in [0.15, 0.2) is 0 Å². The van der Waals surface area contributed by atoms with Crippen LogP contribution in [0, 0.1) is 6.92 Å². The molecule has 5 heteroatoms. The molecule has 2 aromatic heterocycles. The van der Waals surface area contributed by atoms with E-state index in [9.17, 15) is 0 Å². The molecular weight excluding hydrogens is 280 g/mol. The molecule has 0 unspecified atom stereocenters. The Kier molecular flexibility index (Phi) is 3.55. The number of anilines is 1. The summed E-state index contributed by atoms with van der Waals surface area (Å²) in [6, 6.07) is 1.37. The lowest BCUT2D eigenvalue weighted by Gasteiger charge is -2.23. The van der Waals surface area contributed by atoms with E-state index in [4.69, 9.17) is 0 Å². The standard InChI is InChI=1S/C16H22N4S/c1-11-9-21-15-14(11)17-10-18-16(15)19-12-6-7-20(8-12)13-4-2-3-5-13/h9-10,12-13H,2-8H2,1H3,(H,17,18,19)/t12-/m1/s1. The van der Waals surface area contributed by atoms with Crippen molar-refractivity contribution >= 4 is 27.4 Å². The molecular formula is C16H22N4S. The second-order valence-corrected chi connectivity index (χ2v) is 7.26. The number of hydrogen-bond donors (Lipinski definition) is 1. The van der Waals surface area contributed by atoms with Crippen molar-refractivity contribution in [1.29, 1.82) is 0 Å². The van der Waals surface area contributed by atoms with Gasteiger partial charge >= 0.3 is 0 Å². The maximum Gasteiger partial charge on any atom is 0.147 e. The summed E-state index contributed by atoms with van der Waals surface area (Å²) in [7, 11) is 0. The molecule has 2 aromatic rings. The fourth-order valence-corrected chi connectivity index (χ4v) is 4.73. The van der Waals surface area contributed by atoms with Gasteiger partial charge in [-0.05, 0) is 37.1 Å². The Bertz CT molecular complexity index is 632. The first-order valence-corrected chi connectivity index (χ1v) is 8.88. The first-order chi connectivity index (χ1) is 10.3. The summed E-state index contributed by atoms with van der Waals surface area (Å²) < 4.78 is 1.20. The van der Waals surface area contributed by atoms with E-state index >= 15 is 0 Å². The summed E-state index contributed by atoms with van der Waals surface area (Å²) >= 11 is 1.75. The SMILES string of the molecule is Cc1csc2c(N[C@@H]3CCN(C4CCCC4)C3)ncnc12. The molecule has 4 rings (SSSR count). The molecule has 0 aromatic carbocycles. The summed E-state index contributed by atoms with van der Waals surface area (Å²) in [5.74, 6) is 1.02. The van der Waals surface area contributed by atoms with Crippen molar-refractivity contribution in [1.82, 2.24) is 14.9 Å². The monoisotopic (exact) mass is 302 g/mol. The van der Waals surface area contributed by atoms with Crippen LogP contribution in [0.15, 0.2) is 11.7 Å². The van der Waals surface area contributed by atoms with Crippen LogP contribution < -0.4 is 5.32 Å². The van der Waals surface area contributed by atoms with Crippen LogP contribution in [-0.2, 0) is 0 Å². The van der Waals surface area contributed by atoms with Crippen LogP contribution in [0.1, 0.15) is 37.7 Å². The number of hydrogen-bond acceptors (Lipinski definition) is 5. The molecule has 3 heterocycles. The van der Waals surface area contributed by atoms with E-state index in [0.717, 1.165) is 17.4 Å². The van der Waals surface area contributed by atoms with E-state index < -0.39 is 0 Å². The highest BCUT2D eigenvalue weighted by molar-refractivity contribution is 7.18. The average molecular weight is 302 g/mol. The second kappa shape index (κ2) is 5.54.